The Labute approximate surface area is 145 Å². The van der Waals surface area contributed by atoms with Gasteiger partial charge in [-0.25, -0.2) is 0 Å². The van der Waals surface area contributed by atoms with Crippen molar-refractivity contribution in [3.63, 3.8) is 0 Å². The SMILES string of the molecule is Cc1ccc(OC[C@@H](C)NC(=O)CCc2ccc(C)c(C)c2)cc1. The van der Waals surface area contributed by atoms with Gasteiger partial charge in [0.15, 0.2) is 0 Å². The van der Waals surface area contributed by atoms with Gasteiger partial charge in [-0.3, -0.25) is 4.79 Å². The number of nitrogens with one attached hydrogen (secondary N) is 1. The van der Waals surface area contributed by atoms with Crippen molar-refractivity contribution >= 4 is 5.91 Å². The second-order valence-corrected chi connectivity index (χ2v) is 6.51. The van der Waals surface area contributed by atoms with E-state index >= 15 is 0 Å². The second kappa shape index (κ2) is 8.53. The minimum Gasteiger partial charge on any atom is -0.491 e. The summed E-state index contributed by atoms with van der Waals surface area (Å²) in [7, 11) is 0. The van der Waals surface area contributed by atoms with E-state index < -0.39 is 0 Å². The van der Waals surface area contributed by atoms with Crippen molar-refractivity contribution in [2.24, 2.45) is 0 Å². The van der Waals surface area contributed by atoms with E-state index in [1.54, 1.807) is 0 Å². The van der Waals surface area contributed by atoms with Crippen molar-refractivity contribution in [3.05, 3.63) is 64.7 Å². The van der Waals surface area contributed by atoms with Gasteiger partial charge in [0.25, 0.3) is 0 Å². The van der Waals surface area contributed by atoms with Crippen LogP contribution >= 0.6 is 0 Å². The molecule has 1 amide bonds. The van der Waals surface area contributed by atoms with E-state index in [4.69, 9.17) is 4.74 Å². The van der Waals surface area contributed by atoms with Gasteiger partial charge in [0.05, 0.1) is 6.04 Å². The normalized spacial score (nSPS) is 11.8. The molecule has 0 spiro atoms. The Bertz CT molecular complexity index is 677. The van der Waals surface area contributed by atoms with Crippen LogP contribution in [0.4, 0.5) is 0 Å². The first-order chi connectivity index (χ1) is 11.4. The fourth-order valence-corrected chi connectivity index (χ4v) is 2.46. The third-order valence-electron chi connectivity index (χ3n) is 4.14. The van der Waals surface area contributed by atoms with Gasteiger partial charge in [-0.1, -0.05) is 35.9 Å². The zero-order chi connectivity index (χ0) is 17.5. The molecule has 0 aliphatic heterocycles. The zero-order valence-corrected chi connectivity index (χ0v) is 15.1. The van der Waals surface area contributed by atoms with Gasteiger partial charge in [0, 0.05) is 6.42 Å². The molecule has 128 valence electrons. The first-order valence-electron chi connectivity index (χ1n) is 8.49. The average Bonchev–Trinajstić information content (AvgIpc) is 2.55. The minimum absolute atomic E-state index is 0.0152. The third kappa shape index (κ3) is 5.73. The molecule has 0 fully saturated rings. The van der Waals surface area contributed by atoms with Gasteiger partial charge in [-0.15, -0.1) is 0 Å². The lowest BCUT2D eigenvalue weighted by Crippen LogP contribution is -2.36. The van der Waals surface area contributed by atoms with Crippen molar-refractivity contribution in [2.45, 2.75) is 46.6 Å². The standard InChI is InChI=1S/C21H27NO2/c1-15-5-10-20(11-6-15)24-14-18(4)22-21(23)12-9-19-8-7-16(2)17(3)13-19/h5-8,10-11,13,18H,9,12,14H2,1-4H3,(H,22,23)/t18-/m1/s1. The molecule has 0 heterocycles. The van der Waals surface area contributed by atoms with Crippen molar-refractivity contribution in [2.75, 3.05) is 6.61 Å². The Balaban J connectivity index is 1.72. The number of carbonyl (C=O) groups excluding carboxylic acids is 1. The lowest BCUT2D eigenvalue weighted by molar-refractivity contribution is -0.121. The van der Waals surface area contributed by atoms with Gasteiger partial charge >= 0.3 is 0 Å². The minimum atomic E-state index is -0.0152. The molecular weight excluding hydrogens is 298 g/mol. The molecule has 0 bridgehead atoms. The molecule has 2 rings (SSSR count). The quantitative estimate of drug-likeness (QED) is 0.831. The largest absolute Gasteiger partial charge is 0.491 e. The number of amides is 1. The first-order valence-corrected chi connectivity index (χ1v) is 8.49. The number of carbonyl (C=O) groups is 1. The number of hydrogen-bond donors (Lipinski definition) is 1. The summed E-state index contributed by atoms with van der Waals surface area (Å²) in [6, 6.07) is 14.3. The molecule has 2 aromatic rings. The predicted octanol–water partition coefficient (Wildman–Crippen LogP) is 4.13. The van der Waals surface area contributed by atoms with E-state index in [1.807, 2.05) is 38.1 Å². The van der Waals surface area contributed by atoms with E-state index in [0.717, 1.165) is 12.2 Å². The van der Waals surface area contributed by atoms with Crippen LogP contribution in [0, 0.1) is 20.8 Å². The molecule has 0 unspecified atom stereocenters. The van der Waals surface area contributed by atoms with Crippen LogP contribution in [-0.2, 0) is 11.2 Å². The number of benzene rings is 2. The summed E-state index contributed by atoms with van der Waals surface area (Å²) in [6.07, 6.45) is 1.26. The maximum atomic E-state index is 12.1. The van der Waals surface area contributed by atoms with Gasteiger partial charge in [0.2, 0.25) is 5.91 Å². The Morgan fingerprint density at radius 3 is 2.42 bits per heavy atom. The molecule has 3 nitrogen and oxygen atoms in total. The number of rotatable bonds is 7. The van der Waals surface area contributed by atoms with Gasteiger partial charge in [-0.05, 0) is 62.9 Å². The van der Waals surface area contributed by atoms with Crippen molar-refractivity contribution in [1.29, 1.82) is 0 Å². The third-order valence-corrected chi connectivity index (χ3v) is 4.14. The lowest BCUT2D eigenvalue weighted by atomic mass is 10.0. The molecule has 0 saturated carbocycles. The van der Waals surface area contributed by atoms with E-state index in [9.17, 15) is 4.79 Å². The predicted molar refractivity (Wildman–Crippen MR) is 98.5 cm³/mol. The maximum Gasteiger partial charge on any atom is 0.220 e. The van der Waals surface area contributed by atoms with Crippen molar-refractivity contribution in [1.82, 2.24) is 5.32 Å². The molecule has 1 N–H and O–H groups in total. The molecule has 0 aromatic heterocycles. The molecule has 0 aliphatic rings. The van der Waals surface area contributed by atoms with Crippen LogP contribution in [0.25, 0.3) is 0 Å². The molecular formula is C21H27NO2. The average molecular weight is 325 g/mol. The highest BCUT2D eigenvalue weighted by Gasteiger charge is 2.09. The van der Waals surface area contributed by atoms with E-state index in [2.05, 4.69) is 37.4 Å². The highest BCUT2D eigenvalue weighted by Crippen LogP contribution is 2.12. The molecule has 1 atom stereocenters. The summed E-state index contributed by atoms with van der Waals surface area (Å²) in [5.41, 5.74) is 4.96. The van der Waals surface area contributed by atoms with Crippen molar-refractivity contribution in [3.8, 4) is 5.75 Å². The zero-order valence-electron chi connectivity index (χ0n) is 15.1. The molecule has 0 radical (unpaired) electrons. The first kappa shape index (κ1) is 18.1. The Morgan fingerprint density at radius 1 is 1.04 bits per heavy atom. The molecule has 0 saturated heterocycles. The smallest absolute Gasteiger partial charge is 0.220 e. The fourth-order valence-electron chi connectivity index (χ4n) is 2.46. The second-order valence-electron chi connectivity index (χ2n) is 6.51. The Kier molecular flexibility index (Phi) is 6.42. The summed E-state index contributed by atoms with van der Waals surface area (Å²) < 4.78 is 5.70. The number of aryl methyl sites for hydroxylation is 4. The fraction of sp³-hybridized carbons (Fsp3) is 0.381. The van der Waals surface area contributed by atoms with Crippen molar-refractivity contribution < 1.29 is 9.53 Å². The van der Waals surface area contributed by atoms with Crippen LogP contribution in [0.2, 0.25) is 0 Å². The Hall–Kier alpha value is -2.29. The summed E-state index contributed by atoms with van der Waals surface area (Å²) in [6.45, 7) is 8.67. The molecule has 0 aliphatic carbocycles. The van der Waals surface area contributed by atoms with Crippen LogP contribution in [0.5, 0.6) is 5.75 Å². The number of ether oxygens (including phenoxy) is 1. The topological polar surface area (TPSA) is 38.3 Å². The number of hydrogen-bond acceptors (Lipinski definition) is 2. The summed E-state index contributed by atoms with van der Waals surface area (Å²) in [5.74, 6) is 0.894. The van der Waals surface area contributed by atoms with Gasteiger partial charge < -0.3 is 10.1 Å². The maximum absolute atomic E-state index is 12.1. The van der Waals surface area contributed by atoms with Crippen LogP contribution in [0.15, 0.2) is 42.5 Å². The van der Waals surface area contributed by atoms with E-state index in [-0.39, 0.29) is 11.9 Å². The van der Waals surface area contributed by atoms with Crippen LogP contribution in [-0.4, -0.2) is 18.6 Å². The van der Waals surface area contributed by atoms with Crippen LogP contribution < -0.4 is 10.1 Å². The Morgan fingerprint density at radius 2 is 1.75 bits per heavy atom. The molecule has 24 heavy (non-hydrogen) atoms. The highest BCUT2D eigenvalue weighted by atomic mass is 16.5. The van der Waals surface area contributed by atoms with E-state index in [1.165, 1.54) is 22.3 Å². The van der Waals surface area contributed by atoms with Crippen LogP contribution in [0.1, 0.15) is 35.6 Å². The van der Waals surface area contributed by atoms with Crippen LogP contribution in [0.3, 0.4) is 0 Å². The lowest BCUT2D eigenvalue weighted by Gasteiger charge is -2.15. The van der Waals surface area contributed by atoms with Gasteiger partial charge in [-0.2, -0.15) is 0 Å². The summed E-state index contributed by atoms with van der Waals surface area (Å²) >= 11 is 0. The van der Waals surface area contributed by atoms with Gasteiger partial charge in [0.1, 0.15) is 12.4 Å². The highest BCUT2D eigenvalue weighted by molar-refractivity contribution is 5.76. The summed E-state index contributed by atoms with van der Waals surface area (Å²) in [5, 5.41) is 2.99. The molecule has 2 aromatic carbocycles. The van der Waals surface area contributed by atoms with E-state index in [0.29, 0.717) is 13.0 Å². The summed E-state index contributed by atoms with van der Waals surface area (Å²) in [4.78, 5) is 12.1. The monoisotopic (exact) mass is 325 g/mol. The molecule has 3 heteroatoms.